The molecule has 1 aliphatic heterocycles. The van der Waals surface area contributed by atoms with Crippen LogP contribution in [0.3, 0.4) is 0 Å². The van der Waals surface area contributed by atoms with E-state index < -0.39 is 10.0 Å². The van der Waals surface area contributed by atoms with Crippen LogP contribution < -0.4 is 4.74 Å². The number of amides is 1. The Morgan fingerprint density at radius 2 is 2.00 bits per heavy atom. The van der Waals surface area contributed by atoms with Crippen LogP contribution >= 0.6 is 0 Å². The Hall–Kier alpha value is -1.60. The molecule has 6 nitrogen and oxygen atoms in total. The van der Waals surface area contributed by atoms with Gasteiger partial charge < -0.3 is 9.64 Å². The summed E-state index contributed by atoms with van der Waals surface area (Å²) in [5, 5.41) is 0. The van der Waals surface area contributed by atoms with Gasteiger partial charge in [-0.05, 0) is 43.9 Å². The summed E-state index contributed by atoms with van der Waals surface area (Å²) in [5.41, 5.74) is 1.02. The summed E-state index contributed by atoms with van der Waals surface area (Å²) in [5.74, 6) is 0.649. The summed E-state index contributed by atoms with van der Waals surface area (Å²) in [4.78, 5) is 14.7. The highest BCUT2D eigenvalue weighted by Crippen LogP contribution is 2.26. The molecule has 1 saturated heterocycles. The molecule has 0 radical (unpaired) electrons. The maximum atomic E-state index is 12.9. The van der Waals surface area contributed by atoms with Crippen molar-refractivity contribution in [1.82, 2.24) is 9.21 Å². The standard InChI is InChI=1S/C19H30N2O4S/c1-5-13-26(23,24)21-12-6-7-17(14-21)19(22)20(3)15(2)16-8-10-18(25-4)11-9-16/h8-11,15,17H,5-7,12-14H2,1-4H3. The Labute approximate surface area is 157 Å². The molecule has 0 bridgehead atoms. The van der Waals surface area contributed by atoms with E-state index in [0.717, 1.165) is 24.2 Å². The lowest BCUT2D eigenvalue weighted by Gasteiger charge is -2.35. The van der Waals surface area contributed by atoms with Crippen LogP contribution in [0.15, 0.2) is 24.3 Å². The van der Waals surface area contributed by atoms with Crippen molar-refractivity contribution in [3.05, 3.63) is 29.8 Å². The smallest absolute Gasteiger partial charge is 0.227 e. The van der Waals surface area contributed by atoms with E-state index in [0.29, 0.717) is 19.5 Å². The molecule has 0 saturated carbocycles. The van der Waals surface area contributed by atoms with Crippen molar-refractivity contribution >= 4 is 15.9 Å². The average molecular weight is 383 g/mol. The number of nitrogens with zero attached hydrogens (tertiary/aromatic N) is 2. The van der Waals surface area contributed by atoms with E-state index in [1.54, 1.807) is 19.1 Å². The fraction of sp³-hybridized carbons (Fsp3) is 0.632. The van der Waals surface area contributed by atoms with Crippen molar-refractivity contribution in [1.29, 1.82) is 0 Å². The number of benzene rings is 1. The van der Waals surface area contributed by atoms with Crippen molar-refractivity contribution < 1.29 is 17.9 Å². The molecule has 26 heavy (non-hydrogen) atoms. The minimum absolute atomic E-state index is 0.00437. The van der Waals surface area contributed by atoms with Crippen LogP contribution in [-0.4, -0.2) is 56.5 Å². The lowest BCUT2D eigenvalue weighted by molar-refractivity contribution is -0.137. The minimum Gasteiger partial charge on any atom is -0.497 e. The van der Waals surface area contributed by atoms with Gasteiger partial charge in [0.25, 0.3) is 0 Å². The molecule has 7 heteroatoms. The molecule has 2 unspecified atom stereocenters. The predicted octanol–water partition coefficient (Wildman–Crippen LogP) is 2.67. The third-order valence-electron chi connectivity index (χ3n) is 5.12. The zero-order chi connectivity index (χ0) is 19.3. The van der Waals surface area contributed by atoms with Crippen LogP contribution in [-0.2, 0) is 14.8 Å². The molecular weight excluding hydrogens is 352 g/mol. The number of sulfonamides is 1. The number of ether oxygens (including phenoxy) is 1. The van der Waals surface area contributed by atoms with Gasteiger partial charge >= 0.3 is 0 Å². The van der Waals surface area contributed by atoms with Gasteiger partial charge in [-0.3, -0.25) is 4.79 Å². The van der Waals surface area contributed by atoms with E-state index in [9.17, 15) is 13.2 Å². The molecule has 1 aromatic rings. The topological polar surface area (TPSA) is 66.9 Å². The second-order valence-corrected chi connectivity index (χ2v) is 9.00. The number of piperidine rings is 1. The van der Waals surface area contributed by atoms with E-state index in [4.69, 9.17) is 4.74 Å². The largest absolute Gasteiger partial charge is 0.497 e. The van der Waals surface area contributed by atoms with Crippen LogP contribution in [0.4, 0.5) is 0 Å². The van der Waals surface area contributed by atoms with Gasteiger partial charge in [-0.25, -0.2) is 12.7 Å². The summed E-state index contributed by atoms with van der Waals surface area (Å²) < 4.78 is 31.3. The Morgan fingerprint density at radius 1 is 1.35 bits per heavy atom. The molecule has 0 aromatic heterocycles. The Kier molecular flexibility index (Phi) is 7.06. The molecule has 0 N–H and O–H groups in total. The summed E-state index contributed by atoms with van der Waals surface area (Å²) in [6.45, 7) is 4.65. The summed E-state index contributed by atoms with van der Waals surface area (Å²) >= 11 is 0. The fourth-order valence-electron chi connectivity index (χ4n) is 3.37. The minimum atomic E-state index is -3.26. The van der Waals surface area contributed by atoms with E-state index >= 15 is 0 Å². The number of methoxy groups -OCH3 is 1. The van der Waals surface area contributed by atoms with E-state index in [-0.39, 0.29) is 23.6 Å². The van der Waals surface area contributed by atoms with Crippen LogP contribution in [0.1, 0.15) is 44.7 Å². The number of carbonyl (C=O) groups is 1. The van der Waals surface area contributed by atoms with Crippen LogP contribution in [0.25, 0.3) is 0 Å². The van der Waals surface area contributed by atoms with Crippen LogP contribution in [0.2, 0.25) is 0 Å². The van der Waals surface area contributed by atoms with Crippen molar-refractivity contribution in [2.75, 3.05) is 33.0 Å². The summed E-state index contributed by atoms with van der Waals surface area (Å²) in [6.07, 6.45) is 2.05. The maximum Gasteiger partial charge on any atom is 0.227 e. The quantitative estimate of drug-likeness (QED) is 0.727. The molecule has 1 aliphatic rings. The lowest BCUT2D eigenvalue weighted by Crippen LogP contribution is -2.46. The van der Waals surface area contributed by atoms with Crippen molar-refractivity contribution in [3.8, 4) is 5.75 Å². The monoisotopic (exact) mass is 382 g/mol. The third-order valence-corrected chi connectivity index (χ3v) is 7.16. The normalized spacial score (nSPS) is 19.8. The highest BCUT2D eigenvalue weighted by Gasteiger charge is 2.34. The van der Waals surface area contributed by atoms with Gasteiger partial charge in [-0.15, -0.1) is 0 Å². The second-order valence-electron chi connectivity index (χ2n) is 6.91. The lowest BCUT2D eigenvalue weighted by atomic mass is 9.97. The molecule has 1 fully saturated rings. The third kappa shape index (κ3) is 4.76. The molecule has 146 valence electrons. The Morgan fingerprint density at radius 3 is 2.58 bits per heavy atom. The first-order valence-electron chi connectivity index (χ1n) is 9.18. The first kappa shape index (κ1) is 20.7. The van der Waals surface area contributed by atoms with Gasteiger partial charge in [0.1, 0.15) is 5.75 Å². The van der Waals surface area contributed by atoms with Gasteiger partial charge in [0.05, 0.1) is 24.8 Å². The average Bonchev–Trinajstić information content (AvgIpc) is 2.66. The number of rotatable bonds is 7. The van der Waals surface area contributed by atoms with E-state index in [1.165, 1.54) is 4.31 Å². The molecule has 2 atom stereocenters. The second kappa shape index (κ2) is 8.86. The van der Waals surface area contributed by atoms with Gasteiger partial charge in [-0.1, -0.05) is 19.1 Å². The van der Waals surface area contributed by atoms with Crippen molar-refractivity contribution in [3.63, 3.8) is 0 Å². The van der Waals surface area contributed by atoms with Crippen molar-refractivity contribution in [2.45, 2.75) is 39.2 Å². The highest BCUT2D eigenvalue weighted by molar-refractivity contribution is 7.89. The first-order chi connectivity index (χ1) is 12.3. The van der Waals surface area contributed by atoms with Gasteiger partial charge in [0.2, 0.25) is 15.9 Å². The molecule has 1 heterocycles. The molecule has 0 aliphatic carbocycles. The van der Waals surface area contributed by atoms with Crippen molar-refractivity contribution in [2.24, 2.45) is 5.92 Å². The van der Waals surface area contributed by atoms with E-state index in [2.05, 4.69) is 0 Å². The SMILES string of the molecule is CCCS(=O)(=O)N1CCCC(C(=O)N(C)C(C)c2ccc(OC)cc2)C1. The van der Waals surface area contributed by atoms with Gasteiger partial charge in [0, 0.05) is 20.1 Å². The predicted molar refractivity (Wildman–Crippen MR) is 103 cm³/mol. The molecular formula is C19H30N2O4S. The number of hydrogen-bond donors (Lipinski definition) is 0. The van der Waals surface area contributed by atoms with Gasteiger partial charge in [0.15, 0.2) is 0 Å². The maximum absolute atomic E-state index is 12.9. The fourth-order valence-corrected chi connectivity index (χ4v) is 4.96. The Bertz CT molecular complexity index is 703. The zero-order valence-corrected chi connectivity index (χ0v) is 17.0. The van der Waals surface area contributed by atoms with Crippen LogP contribution in [0, 0.1) is 5.92 Å². The van der Waals surface area contributed by atoms with Gasteiger partial charge in [-0.2, -0.15) is 0 Å². The first-order valence-corrected chi connectivity index (χ1v) is 10.8. The molecule has 0 spiro atoms. The molecule has 1 aromatic carbocycles. The molecule has 1 amide bonds. The summed E-state index contributed by atoms with van der Waals surface area (Å²) in [7, 11) is 0.152. The number of carbonyl (C=O) groups excluding carboxylic acids is 1. The molecule has 2 rings (SSSR count). The Balaban J connectivity index is 2.06. The highest BCUT2D eigenvalue weighted by atomic mass is 32.2. The van der Waals surface area contributed by atoms with Crippen LogP contribution in [0.5, 0.6) is 5.75 Å². The number of hydrogen-bond acceptors (Lipinski definition) is 4. The van der Waals surface area contributed by atoms with E-state index in [1.807, 2.05) is 38.1 Å². The summed E-state index contributed by atoms with van der Waals surface area (Å²) in [6, 6.07) is 7.57. The zero-order valence-electron chi connectivity index (χ0n) is 16.1.